The molecule has 0 saturated heterocycles. The van der Waals surface area contributed by atoms with Gasteiger partial charge in [-0.05, 0) is 31.0 Å². The van der Waals surface area contributed by atoms with Crippen LogP contribution in [0.1, 0.15) is 36.0 Å². The number of alkyl halides is 1. The number of methoxy groups -OCH3 is 1. The van der Waals surface area contributed by atoms with Crippen LogP contribution in [0, 0.1) is 0 Å². The molecule has 5 heteroatoms. The van der Waals surface area contributed by atoms with E-state index in [0.717, 1.165) is 19.3 Å². The Labute approximate surface area is 126 Å². The zero-order valence-corrected chi connectivity index (χ0v) is 13.1. The third kappa shape index (κ3) is 3.63. The predicted molar refractivity (Wildman–Crippen MR) is 80.4 cm³/mol. The van der Waals surface area contributed by atoms with Gasteiger partial charge in [0.15, 0.2) is 0 Å². The molecule has 0 aliphatic heterocycles. The number of carbonyl (C=O) groups excluding carboxylic acids is 1. The summed E-state index contributed by atoms with van der Waals surface area (Å²) in [5, 5.41) is 3.59. The minimum absolute atomic E-state index is 0.129. The largest absolute Gasteiger partial charge is 0.496 e. The van der Waals surface area contributed by atoms with E-state index in [4.69, 9.17) is 16.3 Å². The molecule has 19 heavy (non-hydrogen) atoms. The number of nitrogens with one attached hydrogen (secondary N) is 1. The number of benzene rings is 1. The number of hydrogen-bond acceptors (Lipinski definition) is 2. The quantitative estimate of drug-likeness (QED) is 0.846. The minimum Gasteiger partial charge on any atom is -0.496 e. The molecule has 1 saturated carbocycles. The van der Waals surface area contributed by atoms with Crippen LogP contribution < -0.4 is 10.1 Å². The Kier molecular flexibility index (Phi) is 5.11. The van der Waals surface area contributed by atoms with E-state index in [2.05, 4.69) is 21.2 Å². The van der Waals surface area contributed by atoms with Crippen molar-refractivity contribution in [3.8, 4) is 5.75 Å². The first-order valence-electron chi connectivity index (χ1n) is 6.40. The molecule has 2 unspecified atom stereocenters. The maximum Gasteiger partial charge on any atom is 0.255 e. The van der Waals surface area contributed by atoms with Crippen molar-refractivity contribution in [2.75, 3.05) is 7.11 Å². The molecule has 0 spiro atoms. The lowest BCUT2D eigenvalue weighted by atomic mass is 9.95. The van der Waals surface area contributed by atoms with Gasteiger partial charge in [-0.1, -0.05) is 40.4 Å². The van der Waals surface area contributed by atoms with Crippen LogP contribution in [0.25, 0.3) is 0 Å². The van der Waals surface area contributed by atoms with Crippen molar-refractivity contribution in [3.63, 3.8) is 0 Å². The highest BCUT2D eigenvalue weighted by molar-refractivity contribution is 9.09. The van der Waals surface area contributed by atoms with E-state index >= 15 is 0 Å². The summed E-state index contributed by atoms with van der Waals surface area (Å²) in [4.78, 5) is 12.7. The average molecular weight is 347 g/mol. The van der Waals surface area contributed by atoms with E-state index in [0.29, 0.717) is 21.2 Å². The first-order chi connectivity index (χ1) is 9.11. The summed E-state index contributed by atoms with van der Waals surface area (Å²) in [5.74, 6) is 0.416. The second-order valence-electron chi connectivity index (χ2n) is 4.73. The Morgan fingerprint density at radius 1 is 1.42 bits per heavy atom. The van der Waals surface area contributed by atoms with Crippen LogP contribution in [0.5, 0.6) is 5.75 Å². The van der Waals surface area contributed by atoms with Crippen LogP contribution in [-0.4, -0.2) is 23.9 Å². The Hall–Kier alpha value is -0.740. The second-order valence-corrected chi connectivity index (χ2v) is 6.34. The normalized spacial score (nSPS) is 22.9. The van der Waals surface area contributed by atoms with Crippen molar-refractivity contribution in [2.24, 2.45) is 0 Å². The summed E-state index contributed by atoms with van der Waals surface area (Å²) >= 11 is 9.58. The summed E-state index contributed by atoms with van der Waals surface area (Å²) in [6.07, 6.45) is 4.46. The summed E-state index contributed by atoms with van der Waals surface area (Å²) in [6.45, 7) is 0. The summed E-state index contributed by atoms with van der Waals surface area (Å²) in [6, 6.07) is 5.24. The van der Waals surface area contributed by atoms with Crippen LogP contribution in [-0.2, 0) is 0 Å². The van der Waals surface area contributed by atoms with Gasteiger partial charge in [0.05, 0.1) is 12.7 Å². The zero-order chi connectivity index (χ0) is 13.8. The van der Waals surface area contributed by atoms with Gasteiger partial charge < -0.3 is 10.1 Å². The van der Waals surface area contributed by atoms with Crippen molar-refractivity contribution in [1.82, 2.24) is 5.32 Å². The summed E-state index contributed by atoms with van der Waals surface area (Å²) < 4.78 is 5.21. The van der Waals surface area contributed by atoms with Gasteiger partial charge in [0.2, 0.25) is 0 Å². The summed E-state index contributed by atoms with van der Waals surface area (Å²) in [7, 11) is 1.55. The number of halogens is 2. The number of rotatable bonds is 3. The van der Waals surface area contributed by atoms with Crippen LogP contribution in [0.4, 0.5) is 0 Å². The SMILES string of the molecule is COc1ccc(Cl)cc1C(=O)NC1CCCCC1Br. The average Bonchev–Trinajstić information content (AvgIpc) is 2.41. The highest BCUT2D eigenvalue weighted by Gasteiger charge is 2.25. The first kappa shape index (κ1) is 14.7. The molecule has 0 radical (unpaired) electrons. The highest BCUT2D eigenvalue weighted by atomic mass is 79.9. The molecule has 1 N–H and O–H groups in total. The van der Waals surface area contributed by atoms with Gasteiger partial charge in [-0.3, -0.25) is 4.79 Å². The van der Waals surface area contributed by atoms with Crippen LogP contribution in [0.15, 0.2) is 18.2 Å². The van der Waals surface area contributed by atoms with E-state index in [-0.39, 0.29) is 11.9 Å². The number of amides is 1. The molecule has 0 bridgehead atoms. The highest BCUT2D eigenvalue weighted by Crippen LogP contribution is 2.26. The molecule has 2 atom stereocenters. The molecule has 1 aromatic rings. The van der Waals surface area contributed by atoms with Gasteiger partial charge in [-0.15, -0.1) is 0 Å². The topological polar surface area (TPSA) is 38.3 Å². The van der Waals surface area contributed by atoms with Crippen molar-refractivity contribution in [3.05, 3.63) is 28.8 Å². The van der Waals surface area contributed by atoms with Crippen LogP contribution in [0.3, 0.4) is 0 Å². The van der Waals surface area contributed by atoms with Crippen molar-refractivity contribution in [2.45, 2.75) is 36.6 Å². The Bertz CT molecular complexity index is 467. The third-order valence-electron chi connectivity index (χ3n) is 3.40. The molecule has 104 valence electrons. The molecular formula is C14H17BrClNO2. The van der Waals surface area contributed by atoms with Gasteiger partial charge in [0, 0.05) is 15.9 Å². The third-order valence-corrected chi connectivity index (χ3v) is 4.74. The number of hydrogen-bond donors (Lipinski definition) is 1. The molecule has 1 fully saturated rings. The van der Waals surface area contributed by atoms with Gasteiger partial charge in [-0.25, -0.2) is 0 Å². The van der Waals surface area contributed by atoms with E-state index in [1.54, 1.807) is 25.3 Å². The molecule has 1 amide bonds. The molecule has 2 rings (SSSR count). The second kappa shape index (κ2) is 6.62. The first-order valence-corrected chi connectivity index (χ1v) is 7.69. The van der Waals surface area contributed by atoms with Crippen LogP contribution in [0.2, 0.25) is 5.02 Å². The smallest absolute Gasteiger partial charge is 0.255 e. The Morgan fingerprint density at radius 2 is 2.16 bits per heavy atom. The fourth-order valence-electron chi connectivity index (χ4n) is 2.35. The maximum absolute atomic E-state index is 12.3. The Morgan fingerprint density at radius 3 is 2.84 bits per heavy atom. The molecule has 1 aliphatic rings. The van der Waals surface area contributed by atoms with E-state index < -0.39 is 0 Å². The van der Waals surface area contributed by atoms with Gasteiger partial charge in [-0.2, -0.15) is 0 Å². The fraction of sp³-hybridized carbons (Fsp3) is 0.500. The van der Waals surface area contributed by atoms with E-state index in [1.807, 2.05) is 0 Å². The lowest BCUT2D eigenvalue weighted by Gasteiger charge is -2.28. The van der Waals surface area contributed by atoms with Crippen molar-refractivity contribution >= 4 is 33.4 Å². The molecular weight excluding hydrogens is 330 g/mol. The molecule has 3 nitrogen and oxygen atoms in total. The van der Waals surface area contributed by atoms with Gasteiger partial charge in [0.25, 0.3) is 5.91 Å². The van der Waals surface area contributed by atoms with Crippen molar-refractivity contribution in [1.29, 1.82) is 0 Å². The maximum atomic E-state index is 12.3. The van der Waals surface area contributed by atoms with Gasteiger partial charge >= 0.3 is 0 Å². The molecule has 1 aromatic carbocycles. The monoisotopic (exact) mass is 345 g/mol. The molecule has 0 aromatic heterocycles. The molecule has 0 heterocycles. The van der Waals surface area contributed by atoms with E-state index in [9.17, 15) is 4.79 Å². The number of ether oxygens (including phenoxy) is 1. The lowest BCUT2D eigenvalue weighted by molar-refractivity contribution is 0.0927. The standard InChI is InChI=1S/C14H17BrClNO2/c1-19-13-7-6-9(16)8-10(13)14(18)17-12-5-3-2-4-11(12)15/h6-8,11-12H,2-5H2,1H3,(H,17,18). The molecule has 1 aliphatic carbocycles. The summed E-state index contributed by atoms with van der Waals surface area (Å²) in [5.41, 5.74) is 0.486. The van der Waals surface area contributed by atoms with Gasteiger partial charge in [0.1, 0.15) is 5.75 Å². The lowest BCUT2D eigenvalue weighted by Crippen LogP contribution is -2.42. The minimum atomic E-state index is -0.129. The number of carbonyl (C=O) groups is 1. The predicted octanol–water partition coefficient (Wildman–Crippen LogP) is 3.78. The Balaban J connectivity index is 2.13. The fourth-order valence-corrected chi connectivity index (χ4v) is 3.24. The van der Waals surface area contributed by atoms with E-state index in [1.165, 1.54) is 6.42 Å². The van der Waals surface area contributed by atoms with Crippen molar-refractivity contribution < 1.29 is 9.53 Å². The van der Waals surface area contributed by atoms with Crippen LogP contribution >= 0.6 is 27.5 Å². The zero-order valence-electron chi connectivity index (χ0n) is 10.8.